The topological polar surface area (TPSA) is 41.6 Å². The van der Waals surface area contributed by atoms with Crippen molar-refractivity contribution in [2.24, 2.45) is 5.92 Å². The van der Waals surface area contributed by atoms with E-state index in [1.54, 1.807) is 12.0 Å². The van der Waals surface area contributed by atoms with E-state index >= 15 is 0 Å². The maximum atomic E-state index is 12.8. The van der Waals surface area contributed by atoms with E-state index in [0.29, 0.717) is 10.9 Å². The van der Waals surface area contributed by atoms with Crippen LogP contribution in [0.5, 0.6) is 5.75 Å². The highest BCUT2D eigenvalue weighted by Gasteiger charge is 2.41. The van der Waals surface area contributed by atoms with Gasteiger partial charge in [0.05, 0.1) is 18.7 Å². The summed E-state index contributed by atoms with van der Waals surface area (Å²) < 4.78 is 5.35. The summed E-state index contributed by atoms with van der Waals surface area (Å²) >= 11 is 5.40. The molecule has 1 aromatic rings. The molecule has 5 heteroatoms. The maximum absolute atomic E-state index is 12.8. The normalized spacial score (nSPS) is 25.9. The van der Waals surface area contributed by atoms with Gasteiger partial charge >= 0.3 is 0 Å². The van der Waals surface area contributed by atoms with Gasteiger partial charge in [0.25, 0.3) is 0 Å². The Morgan fingerprint density at radius 3 is 2.85 bits per heavy atom. The van der Waals surface area contributed by atoms with Crippen LogP contribution in [0.15, 0.2) is 24.3 Å². The van der Waals surface area contributed by atoms with Gasteiger partial charge in [-0.15, -0.1) is 0 Å². The second-order valence-electron chi connectivity index (χ2n) is 5.29. The fourth-order valence-electron chi connectivity index (χ4n) is 3.13. The Bertz CT molecular complexity index is 546. The smallest absolute Gasteiger partial charge is 0.238 e. The number of amides is 1. The lowest BCUT2D eigenvalue weighted by atomic mass is 9.82. The number of para-hydroxylation sites is 2. The number of fused-ring (bicyclic) bond motifs is 1. The van der Waals surface area contributed by atoms with Crippen molar-refractivity contribution in [3.8, 4) is 5.75 Å². The van der Waals surface area contributed by atoms with Crippen LogP contribution >= 0.6 is 12.2 Å². The molecule has 0 bridgehead atoms. The Kier molecular flexibility index (Phi) is 3.61. The fourth-order valence-corrected chi connectivity index (χ4v) is 3.47. The third-order valence-corrected chi connectivity index (χ3v) is 4.44. The van der Waals surface area contributed by atoms with Gasteiger partial charge in [-0.1, -0.05) is 25.0 Å². The predicted octanol–water partition coefficient (Wildman–Crippen LogP) is 2.48. The molecular weight excluding hydrogens is 272 g/mol. The Morgan fingerprint density at radius 2 is 2.05 bits per heavy atom. The minimum absolute atomic E-state index is 0.0281. The number of hydrogen-bond donors (Lipinski definition) is 1. The standard InChI is InChI=1S/C15H18N2O2S/c1-19-13-9-5-4-8-12(13)17-14(18)10-6-2-3-7-11(10)16-15(17)20/h4-5,8-11H,2-3,6-7H2,1H3,(H,16,20)/t10-,11-/m0/s1. The minimum atomic E-state index is 0.0281. The van der Waals surface area contributed by atoms with Crippen molar-refractivity contribution >= 4 is 28.9 Å². The lowest BCUT2D eigenvalue weighted by Crippen LogP contribution is -2.61. The highest BCUT2D eigenvalue weighted by atomic mass is 32.1. The third-order valence-electron chi connectivity index (χ3n) is 4.14. The van der Waals surface area contributed by atoms with Crippen molar-refractivity contribution in [3.05, 3.63) is 24.3 Å². The number of nitrogens with zero attached hydrogens (tertiary/aromatic N) is 1. The number of carbonyl (C=O) groups excluding carboxylic acids is 1. The van der Waals surface area contributed by atoms with Crippen LogP contribution in [0.3, 0.4) is 0 Å². The summed E-state index contributed by atoms with van der Waals surface area (Å²) in [6.45, 7) is 0. The number of ether oxygens (including phenoxy) is 1. The molecule has 4 nitrogen and oxygen atoms in total. The zero-order valence-corrected chi connectivity index (χ0v) is 12.3. The molecule has 1 aliphatic heterocycles. The monoisotopic (exact) mass is 290 g/mol. The molecular formula is C15H18N2O2S. The summed E-state index contributed by atoms with van der Waals surface area (Å²) in [6.07, 6.45) is 4.24. The Morgan fingerprint density at radius 1 is 1.30 bits per heavy atom. The fraction of sp³-hybridized carbons (Fsp3) is 0.467. The average Bonchev–Trinajstić information content (AvgIpc) is 2.48. The van der Waals surface area contributed by atoms with E-state index in [0.717, 1.165) is 24.9 Å². The van der Waals surface area contributed by atoms with Crippen molar-refractivity contribution < 1.29 is 9.53 Å². The summed E-state index contributed by atoms with van der Waals surface area (Å²) in [7, 11) is 1.60. The van der Waals surface area contributed by atoms with E-state index in [9.17, 15) is 4.79 Å². The SMILES string of the molecule is COc1ccccc1N1C(=O)[C@H]2CCCC[C@@H]2NC1=S. The van der Waals surface area contributed by atoms with Crippen LogP contribution in [-0.4, -0.2) is 24.2 Å². The van der Waals surface area contributed by atoms with E-state index in [-0.39, 0.29) is 17.9 Å². The number of methoxy groups -OCH3 is 1. The molecule has 0 unspecified atom stereocenters. The van der Waals surface area contributed by atoms with E-state index < -0.39 is 0 Å². The molecule has 1 amide bonds. The molecule has 0 aromatic heterocycles. The molecule has 1 heterocycles. The molecule has 1 saturated carbocycles. The van der Waals surface area contributed by atoms with Gasteiger partial charge in [0.1, 0.15) is 5.75 Å². The molecule has 1 aromatic carbocycles. The van der Waals surface area contributed by atoms with Gasteiger partial charge in [-0.25, -0.2) is 0 Å². The van der Waals surface area contributed by atoms with Gasteiger partial charge in [-0.3, -0.25) is 9.69 Å². The van der Waals surface area contributed by atoms with Crippen molar-refractivity contribution in [1.29, 1.82) is 0 Å². The lowest BCUT2D eigenvalue weighted by Gasteiger charge is -2.41. The molecule has 2 fully saturated rings. The molecule has 2 atom stereocenters. The van der Waals surface area contributed by atoms with Crippen LogP contribution in [0.4, 0.5) is 5.69 Å². The van der Waals surface area contributed by atoms with Gasteiger partial charge in [0.15, 0.2) is 5.11 Å². The van der Waals surface area contributed by atoms with Crippen LogP contribution in [0.1, 0.15) is 25.7 Å². The van der Waals surface area contributed by atoms with Gasteiger partial charge in [0.2, 0.25) is 5.91 Å². The van der Waals surface area contributed by atoms with E-state index in [1.165, 1.54) is 6.42 Å². The van der Waals surface area contributed by atoms with E-state index in [2.05, 4.69) is 5.32 Å². The average molecular weight is 290 g/mol. The molecule has 2 aliphatic rings. The number of anilines is 1. The predicted molar refractivity (Wildman–Crippen MR) is 82.0 cm³/mol. The Hall–Kier alpha value is -1.62. The van der Waals surface area contributed by atoms with Crippen molar-refractivity contribution in [3.63, 3.8) is 0 Å². The number of hydrogen-bond acceptors (Lipinski definition) is 3. The summed E-state index contributed by atoms with van der Waals surface area (Å²) in [6, 6.07) is 7.69. The molecule has 0 radical (unpaired) electrons. The minimum Gasteiger partial charge on any atom is -0.495 e. The van der Waals surface area contributed by atoms with E-state index in [4.69, 9.17) is 17.0 Å². The molecule has 20 heavy (non-hydrogen) atoms. The molecule has 1 aliphatic carbocycles. The number of nitrogens with one attached hydrogen (secondary N) is 1. The second-order valence-corrected chi connectivity index (χ2v) is 5.68. The summed E-state index contributed by atoms with van der Waals surface area (Å²) in [5.74, 6) is 0.794. The zero-order valence-electron chi connectivity index (χ0n) is 11.5. The first-order chi connectivity index (χ1) is 9.72. The number of thiocarbonyl (C=S) groups is 1. The van der Waals surface area contributed by atoms with Crippen LogP contribution in [0.25, 0.3) is 0 Å². The number of benzene rings is 1. The molecule has 1 N–H and O–H groups in total. The van der Waals surface area contributed by atoms with Crippen molar-refractivity contribution in [1.82, 2.24) is 5.32 Å². The van der Waals surface area contributed by atoms with Crippen LogP contribution in [0.2, 0.25) is 0 Å². The van der Waals surface area contributed by atoms with E-state index in [1.807, 2.05) is 24.3 Å². The first-order valence-corrected chi connectivity index (χ1v) is 7.40. The first-order valence-electron chi connectivity index (χ1n) is 7.00. The zero-order chi connectivity index (χ0) is 14.1. The highest BCUT2D eigenvalue weighted by molar-refractivity contribution is 7.80. The first kappa shape index (κ1) is 13.4. The van der Waals surface area contributed by atoms with Gasteiger partial charge in [0, 0.05) is 6.04 Å². The highest BCUT2D eigenvalue weighted by Crippen LogP contribution is 2.35. The van der Waals surface area contributed by atoms with Gasteiger partial charge in [-0.2, -0.15) is 0 Å². The van der Waals surface area contributed by atoms with Crippen molar-refractivity contribution in [2.75, 3.05) is 12.0 Å². The number of rotatable bonds is 2. The molecule has 3 rings (SSSR count). The third kappa shape index (κ3) is 2.16. The quantitative estimate of drug-likeness (QED) is 0.850. The van der Waals surface area contributed by atoms with Gasteiger partial charge < -0.3 is 10.1 Å². The molecule has 106 valence electrons. The van der Waals surface area contributed by atoms with Crippen LogP contribution in [0, 0.1) is 5.92 Å². The number of carbonyl (C=O) groups is 1. The Balaban J connectivity index is 1.96. The summed E-state index contributed by atoms with van der Waals surface area (Å²) in [5.41, 5.74) is 0.724. The maximum Gasteiger partial charge on any atom is 0.238 e. The lowest BCUT2D eigenvalue weighted by molar-refractivity contribution is -0.123. The summed E-state index contributed by atoms with van der Waals surface area (Å²) in [4.78, 5) is 14.4. The molecule has 1 saturated heterocycles. The second kappa shape index (κ2) is 5.40. The Labute approximate surface area is 124 Å². The van der Waals surface area contributed by atoms with Gasteiger partial charge in [-0.05, 0) is 37.2 Å². The summed E-state index contributed by atoms with van der Waals surface area (Å²) in [5, 5.41) is 3.82. The van der Waals surface area contributed by atoms with Crippen LogP contribution in [-0.2, 0) is 4.79 Å². The van der Waals surface area contributed by atoms with Crippen molar-refractivity contribution in [2.45, 2.75) is 31.7 Å². The molecule has 0 spiro atoms. The van der Waals surface area contributed by atoms with Crippen LogP contribution < -0.4 is 15.0 Å². The largest absolute Gasteiger partial charge is 0.495 e.